The van der Waals surface area contributed by atoms with E-state index in [1.807, 2.05) is 12.1 Å². The molecule has 0 unspecified atom stereocenters. The van der Waals surface area contributed by atoms with Crippen LogP contribution in [-0.2, 0) is 4.79 Å². The molecule has 0 saturated heterocycles. The molecule has 0 fully saturated rings. The molecule has 1 rings (SSSR count). The van der Waals surface area contributed by atoms with Crippen molar-refractivity contribution in [3.05, 3.63) is 29.3 Å². The summed E-state index contributed by atoms with van der Waals surface area (Å²) in [5, 5.41) is 3.24. The van der Waals surface area contributed by atoms with Crippen LogP contribution in [0.3, 0.4) is 0 Å². The molecule has 0 heterocycles. The number of carbonyl (C=O) groups is 1. The second kappa shape index (κ2) is 5.14. The summed E-state index contributed by atoms with van der Waals surface area (Å²) in [6.07, 6.45) is 0.397. The lowest BCUT2D eigenvalue weighted by molar-refractivity contribution is -0.115. The van der Waals surface area contributed by atoms with Crippen LogP contribution >= 0.6 is 24.2 Å². The molecule has 0 aromatic heterocycles. The maximum absolute atomic E-state index is 11.1. The highest BCUT2D eigenvalue weighted by Gasteiger charge is 2.02. The molecular weight excluding hydrogens is 206 g/mol. The van der Waals surface area contributed by atoms with E-state index in [9.17, 15) is 4.79 Å². The van der Waals surface area contributed by atoms with Gasteiger partial charge >= 0.3 is 0 Å². The molecule has 1 N–H and O–H groups in total. The molecule has 0 aliphatic carbocycles. The minimum atomic E-state index is -0.0666. The van der Waals surface area contributed by atoms with Crippen molar-refractivity contribution in [2.75, 3.05) is 11.1 Å². The van der Waals surface area contributed by atoms with Gasteiger partial charge in [0.1, 0.15) is 0 Å². The lowest BCUT2D eigenvalue weighted by Gasteiger charge is -2.05. The number of amides is 1. The smallest absolute Gasteiger partial charge is 0.225 e. The maximum Gasteiger partial charge on any atom is 0.225 e. The summed E-state index contributed by atoms with van der Waals surface area (Å²) in [4.78, 5) is 11.1. The molecule has 1 aromatic rings. The normalized spacial score (nSPS) is 9.69. The minimum Gasteiger partial charge on any atom is -0.325 e. The number of halogens is 1. The number of carbonyl (C=O) groups excluding carboxylic acids is 1. The summed E-state index contributed by atoms with van der Waals surface area (Å²) in [6.45, 7) is 0. The summed E-state index contributed by atoms with van der Waals surface area (Å²) < 4.78 is 0. The van der Waals surface area contributed by atoms with E-state index >= 15 is 0 Å². The van der Waals surface area contributed by atoms with Crippen molar-refractivity contribution in [3.63, 3.8) is 0 Å². The molecule has 0 atom stereocenters. The van der Waals surface area contributed by atoms with Crippen molar-refractivity contribution in [3.8, 4) is 0 Å². The Hall–Kier alpha value is -0.670. The first-order chi connectivity index (χ1) is 6.24. The van der Waals surface area contributed by atoms with Gasteiger partial charge in [-0.25, -0.2) is 0 Å². The van der Waals surface area contributed by atoms with Gasteiger partial charge in [-0.05, 0) is 17.9 Å². The second-order valence-corrected chi connectivity index (χ2v) is 3.36. The Kier molecular flexibility index (Phi) is 4.12. The lowest BCUT2D eigenvalue weighted by atomic mass is 10.3. The predicted octanol–water partition coefficient (Wildman–Crippen LogP) is 2.60. The van der Waals surface area contributed by atoms with Crippen molar-refractivity contribution in [1.82, 2.24) is 0 Å². The highest BCUT2D eigenvalue weighted by molar-refractivity contribution is 7.80. The number of anilines is 1. The summed E-state index contributed by atoms with van der Waals surface area (Å²) >= 11 is 9.79. The number of para-hydroxylation sites is 1. The first-order valence-corrected chi connectivity index (χ1v) is 4.90. The van der Waals surface area contributed by atoms with E-state index < -0.39 is 0 Å². The zero-order valence-electron chi connectivity index (χ0n) is 6.96. The molecule has 0 aliphatic heterocycles. The van der Waals surface area contributed by atoms with Gasteiger partial charge in [-0.3, -0.25) is 4.79 Å². The fraction of sp³-hybridized carbons (Fsp3) is 0.222. The molecule has 0 radical (unpaired) electrons. The van der Waals surface area contributed by atoms with E-state index in [-0.39, 0.29) is 5.91 Å². The fourth-order valence-electron chi connectivity index (χ4n) is 0.877. The van der Waals surface area contributed by atoms with E-state index in [2.05, 4.69) is 17.9 Å². The topological polar surface area (TPSA) is 29.1 Å². The first-order valence-electron chi connectivity index (χ1n) is 3.89. The van der Waals surface area contributed by atoms with Gasteiger partial charge in [0.2, 0.25) is 5.91 Å². The van der Waals surface area contributed by atoms with Crippen molar-refractivity contribution in [1.29, 1.82) is 0 Å². The zero-order valence-corrected chi connectivity index (χ0v) is 8.61. The first kappa shape index (κ1) is 10.4. The van der Waals surface area contributed by atoms with Gasteiger partial charge in [-0.1, -0.05) is 23.7 Å². The standard InChI is InChI=1S/C9H10ClNOS/c10-7-3-1-2-4-8(7)11-9(12)5-6-13/h1-4,13H,5-6H2,(H,11,12). The fourth-order valence-corrected chi connectivity index (χ4v) is 1.26. The molecule has 1 aromatic carbocycles. The Bertz CT molecular complexity index is 303. The Morgan fingerprint density at radius 1 is 1.46 bits per heavy atom. The number of thiol groups is 1. The van der Waals surface area contributed by atoms with Crippen molar-refractivity contribution in [2.24, 2.45) is 0 Å². The summed E-state index contributed by atoms with van der Waals surface area (Å²) in [6, 6.07) is 7.13. The lowest BCUT2D eigenvalue weighted by Crippen LogP contribution is -2.11. The van der Waals surface area contributed by atoms with Crippen LogP contribution in [0.4, 0.5) is 5.69 Å². The quantitative estimate of drug-likeness (QED) is 0.746. The molecule has 0 bridgehead atoms. The third kappa shape index (κ3) is 3.28. The van der Waals surface area contributed by atoms with Crippen molar-refractivity contribution >= 4 is 35.8 Å². The average molecular weight is 216 g/mol. The van der Waals surface area contributed by atoms with Crippen LogP contribution in [0, 0.1) is 0 Å². The number of rotatable bonds is 3. The zero-order chi connectivity index (χ0) is 9.68. The van der Waals surface area contributed by atoms with Crippen LogP contribution in [0.25, 0.3) is 0 Å². The van der Waals surface area contributed by atoms with Crippen LogP contribution in [-0.4, -0.2) is 11.7 Å². The number of hydrogen-bond acceptors (Lipinski definition) is 2. The SMILES string of the molecule is O=C(CCS)Nc1ccccc1Cl. The van der Waals surface area contributed by atoms with Gasteiger partial charge in [-0.2, -0.15) is 12.6 Å². The number of hydrogen-bond donors (Lipinski definition) is 2. The summed E-state index contributed by atoms with van der Waals surface area (Å²) in [7, 11) is 0. The molecule has 4 heteroatoms. The Balaban J connectivity index is 2.63. The van der Waals surface area contributed by atoms with Gasteiger partial charge in [0.25, 0.3) is 0 Å². The van der Waals surface area contributed by atoms with E-state index in [0.29, 0.717) is 22.9 Å². The molecular formula is C9H10ClNOS. The number of nitrogens with one attached hydrogen (secondary N) is 1. The minimum absolute atomic E-state index is 0.0666. The predicted molar refractivity (Wildman–Crippen MR) is 58.6 cm³/mol. The molecule has 2 nitrogen and oxygen atoms in total. The van der Waals surface area contributed by atoms with Gasteiger partial charge in [0.05, 0.1) is 10.7 Å². The second-order valence-electron chi connectivity index (χ2n) is 2.50. The third-order valence-electron chi connectivity index (χ3n) is 1.49. The monoisotopic (exact) mass is 215 g/mol. The molecule has 0 aliphatic rings. The van der Waals surface area contributed by atoms with E-state index in [1.165, 1.54) is 0 Å². The molecule has 0 spiro atoms. The molecule has 13 heavy (non-hydrogen) atoms. The molecule has 1 amide bonds. The highest BCUT2D eigenvalue weighted by atomic mass is 35.5. The Labute approximate surface area is 87.7 Å². The van der Waals surface area contributed by atoms with Crippen LogP contribution in [0.15, 0.2) is 24.3 Å². The van der Waals surface area contributed by atoms with Gasteiger partial charge in [0.15, 0.2) is 0 Å². The van der Waals surface area contributed by atoms with Gasteiger partial charge < -0.3 is 5.32 Å². The third-order valence-corrected chi connectivity index (χ3v) is 2.04. The van der Waals surface area contributed by atoms with Crippen molar-refractivity contribution < 1.29 is 4.79 Å². The van der Waals surface area contributed by atoms with Crippen LogP contribution in [0.5, 0.6) is 0 Å². The van der Waals surface area contributed by atoms with E-state index in [0.717, 1.165) is 0 Å². The van der Waals surface area contributed by atoms with Crippen LogP contribution < -0.4 is 5.32 Å². The highest BCUT2D eigenvalue weighted by Crippen LogP contribution is 2.20. The van der Waals surface area contributed by atoms with Gasteiger partial charge in [0, 0.05) is 6.42 Å². The summed E-state index contributed by atoms with van der Waals surface area (Å²) in [5.74, 6) is 0.471. The van der Waals surface area contributed by atoms with E-state index in [1.54, 1.807) is 12.1 Å². The largest absolute Gasteiger partial charge is 0.325 e. The van der Waals surface area contributed by atoms with Crippen LogP contribution in [0.1, 0.15) is 6.42 Å². The Morgan fingerprint density at radius 3 is 2.77 bits per heavy atom. The van der Waals surface area contributed by atoms with Crippen LogP contribution in [0.2, 0.25) is 5.02 Å². The van der Waals surface area contributed by atoms with Crippen molar-refractivity contribution in [2.45, 2.75) is 6.42 Å². The van der Waals surface area contributed by atoms with E-state index in [4.69, 9.17) is 11.6 Å². The molecule has 70 valence electrons. The molecule has 0 saturated carbocycles. The number of benzene rings is 1. The average Bonchev–Trinajstić information content (AvgIpc) is 2.09. The Morgan fingerprint density at radius 2 is 2.15 bits per heavy atom. The summed E-state index contributed by atoms with van der Waals surface area (Å²) in [5.41, 5.74) is 0.649. The maximum atomic E-state index is 11.1. The van der Waals surface area contributed by atoms with Gasteiger partial charge in [-0.15, -0.1) is 0 Å².